The van der Waals surface area contributed by atoms with Crippen molar-refractivity contribution in [1.29, 1.82) is 0 Å². The minimum Gasteiger partial charge on any atom is -0.466 e. The molecule has 144 valence electrons. The van der Waals surface area contributed by atoms with E-state index >= 15 is 0 Å². The van der Waals surface area contributed by atoms with Gasteiger partial charge in [0.05, 0.1) is 30.9 Å². The number of hydrogen-bond acceptors (Lipinski definition) is 7. The van der Waals surface area contributed by atoms with E-state index in [0.717, 1.165) is 0 Å². The molecule has 0 spiro atoms. The summed E-state index contributed by atoms with van der Waals surface area (Å²) in [7, 11) is 0. The summed E-state index contributed by atoms with van der Waals surface area (Å²) in [6.07, 6.45) is 2.82. The molecule has 0 radical (unpaired) electrons. The monoisotopic (exact) mass is 391 g/mol. The first-order chi connectivity index (χ1) is 13.1. The molecule has 0 unspecified atom stereocenters. The largest absolute Gasteiger partial charge is 0.466 e. The molecule has 1 N–H and O–H groups in total. The molecule has 9 heteroatoms. The summed E-state index contributed by atoms with van der Waals surface area (Å²) < 4.78 is 10.1. The van der Waals surface area contributed by atoms with Crippen LogP contribution >= 0.6 is 11.3 Å². The summed E-state index contributed by atoms with van der Waals surface area (Å²) >= 11 is 1.26. The van der Waals surface area contributed by atoms with Gasteiger partial charge in [-0.25, -0.2) is 4.98 Å². The summed E-state index contributed by atoms with van der Waals surface area (Å²) in [5, 5.41) is 4.81. The summed E-state index contributed by atoms with van der Waals surface area (Å²) in [6.45, 7) is 3.24. The molecular weight excluding hydrogens is 370 g/mol. The topological polar surface area (TPSA) is 102 Å². The number of carbonyl (C=O) groups excluding carboxylic acids is 3. The number of esters is 1. The fraction of sp³-hybridized carbons (Fsp3) is 0.444. The van der Waals surface area contributed by atoms with E-state index in [4.69, 9.17) is 9.15 Å². The first-order valence-electron chi connectivity index (χ1n) is 8.80. The van der Waals surface area contributed by atoms with Gasteiger partial charge in [-0.15, -0.1) is 11.3 Å². The van der Waals surface area contributed by atoms with Crippen LogP contribution in [-0.2, 0) is 20.7 Å². The lowest BCUT2D eigenvalue weighted by atomic mass is 9.97. The normalized spacial score (nSPS) is 14.8. The number of aromatic nitrogens is 1. The number of rotatable bonds is 6. The number of thiazole rings is 1. The summed E-state index contributed by atoms with van der Waals surface area (Å²) in [5.74, 6) is -0.523. The zero-order valence-corrected chi connectivity index (χ0v) is 15.8. The third-order valence-electron chi connectivity index (χ3n) is 4.32. The molecule has 0 saturated carbocycles. The van der Waals surface area contributed by atoms with Crippen molar-refractivity contribution in [3.05, 3.63) is 35.2 Å². The Balaban J connectivity index is 1.48. The molecule has 0 atom stereocenters. The predicted octanol–water partition coefficient (Wildman–Crippen LogP) is 2.33. The Kier molecular flexibility index (Phi) is 6.23. The van der Waals surface area contributed by atoms with Crippen molar-refractivity contribution in [3.63, 3.8) is 0 Å². The van der Waals surface area contributed by atoms with Gasteiger partial charge in [0.25, 0.3) is 5.91 Å². The van der Waals surface area contributed by atoms with Gasteiger partial charge in [0.1, 0.15) is 0 Å². The van der Waals surface area contributed by atoms with Crippen LogP contribution in [0.15, 0.2) is 28.2 Å². The lowest BCUT2D eigenvalue weighted by Crippen LogP contribution is -2.41. The molecule has 27 heavy (non-hydrogen) atoms. The molecule has 1 saturated heterocycles. The van der Waals surface area contributed by atoms with Gasteiger partial charge < -0.3 is 14.1 Å². The maximum atomic E-state index is 12.5. The maximum Gasteiger partial charge on any atom is 0.309 e. The average Bonchev–Trinajstić information content (AvgIpc) is 3.34. The lowest BCUT2D eigenvalue weighted by Gasteiger charge is -2.30. The minimum absolute atomic E-state index is 0.0356. The predicted molar refractivity (Wildman–Crippen MR) is 98.4 cm³/mol. The zero-order chi connectivity index (χ0) is 19.2. The van der Waals surface area contributed by atoms with Gasteiger partial charge in [0, 0.05) is 18.5 Å². The first-order valence-corrected chi connectivity index (χ1v) is 9.68. The van der Waals surface area contributed by atoms with Gasteiger partial charge in [-0.3, -0.25) is 19.7 Å². The van der Waals surface area contributed by atoms with E-state index in [1.54, 1.807) is 29.3 Å². The van der Waals surface area contributed by atoms with Crippen molar-refractivity contribution in [2.24, 2.45) is 5.92 Å². The number of amides is 2. The van der Waals surface area contributed by atoms with Gasteiger partial charge >= 0.3 is 5.97 Å². The van der Waals surface area contributed by atoms with Crippen LogP contribution in [-0.4, -0.2) is 47.4 Å². The second-order valence-corrected chi connectivity index (χ2v) is 7.02. The van der Waals surface area contributed by atoms with Crippen LogP contribution in [0.25, 0.3) is 0 Å². The van der Waals surface area contributed by atoms with Crippen molar-refractivity contribution >= 4 is 34.3 Å². The molecule has 1 aliphatic heterocycles. The second-order valence-electron chi connectivity index (χ2n) is 6.16. The molecular formula is C18H21N3O5S. The molecule has 3 rings (SSSR count). The number of likely N-dealkylation sites (tertiary alicyclic amines) is 1. The highest BCUT2D eigenvalue weighted by Crippen LogP contribution is 2.21. The number of anilines is 1. The summed E-state index contributed by atoms with van der Waals surface area (Å²) in [5.41, 5.74) is 0.604. The van der Waals surface area contributed by atoms with E-state index in [0.29, 0.717) is 43.4 Å². The Morgan fingerprint density at radius 2 is 2.15 bits per heavy atom. The highest BCUT2D eigenvalue weighted by atomic mass is 32.1. The molecule has 3 heterocycles. The van der Waals surface area contributed by atoms with Gasteiger partial charge in [-0.1, -0.05) is 0 Å². The fourth-order valence-corrected chi connectivity index (χ4v) is 3.61. The van der Waals surface area contributed by atoms with Gasteiger partial charge in [0.2, 0.25) is 5.91 Å². The van der Waals surface area contributed by atoms with Gasteiger partial charge in [0.15, 0.2) is 10.9 Å². The van der Waals surface area contributed by atoms with E-state index in [2.05, 4.69) is 10.3 Å². The Hall–Kier alpha value is -2.68. The van der Waals surface area contributed by atoms with Gasteiger partial charge in [-0.2, -0.15) is 0 Å². The Labute approximate surface area is 160 Å². The van der Waals surface area contributed by atoms with Crippen LogP contribution in [0.5, 0.6) is 0 Å². The molecule has 2 aromatic heterocycles. The van der Waals surface area contributed by atoms with Crippen LogP contribution in [0.3, 0.4) is 0 Å². The summed E-state index contributed by atoms with van der Waals surface area (Å²) in [4.78, 5) is 42.2. The van der Waals surface area contributed by atoms with E-state index in [9.17, 15) is 14.4 Å². The van der Waals surface area contributed by atoms with Crippen molar-refractivity contribution < 1.29 is 23.5 Å². The van der Waals surface area contributed by atoms with Crippen LogP contribution in [0, 0.1) is 5.92 Å². The summed E-state index contributed by atoms with van der Waals surface area (Å²) in [6, 6.07) is 3.19. The van der Waals surface area contributed by atoms with Gasteiger partial charge in [-0.05, 0) is 31.9 Å². The van der Waals surface area contributed by atoms with Crippen molar-refractivity contribution in [2.45, 2.75) is 26.2 Å². The molecule has 2 amide bonds. The maximum absolute atomic E-state index is 12.5. The zero-order valence-electron chi connectivity index (χ0n) is 15.0. The van der Waals surface area contributed by atoms with E-state index in [-0.39, 0.29) is 35.9 Å². The first kappa shape index (κ1) is 19.1. The van der Waals surface area contributed by atoms with Crippen LogP contribution in [0.4, 0.5) is 5.13 Å². The Morgan fingerprint density at radius 3 is 2.81 bits per heavy atom. The minimum atomic E-state index is -0.381. The third-order valence-corrected chi connectivity index (χ3v) is 5.12. The number of ether oxygens (including phenoxy) is 1. The fourth-order valence-electron chi connectivity index (χ4n) is 2.90. The number of nitrogens with one attached hydrogen (secondary N) is 1. The highest BCUT2D eigenvalue weighted by molar-refractivity contribution is 7.14. The number of carbonyl (C=O) groups is 3. The van der Waals surface area contributed by atoms with Crippen molar-refractivity contribution in [1.82, 2.24) is 9.88 Å². The Morgan fingerprint density at radius 1 is 1.37 bits per heavy atom. The smallest absolute Gasteiger partial charge is 0.309 e. The molecule has 1 fully saturated rings. The second kappa shape index (κ2) is 8.81. The quantitative estimate of drug-likeness (QED) is 0.759. The number of nitrogens with zero attached hydrogens (tertiary/aromatic N) is 2. The van der Waals surface area contributed by atoms with E-state index < -0.39 is 0 Å². The molecule has 8 nitrogen and oxygen atoms in total. The number of furan rings is 1. The number of hydrogen-bond donors (Lipinski definition) is 1. The molecule has 0 aliphatic carbocycles. The SMILES string of the molecule is CCOC(=O)C1CCN(C(=O)Cc2csc(NC(=O)c3ccco3)n2)CC1. The lowest BCUT2D eigenvalue weighted by molar-refractivity contribution is -0.151. The molecule has 2 aromatic rings. The van der Waals surface area contributed by atoms with Crippen molar-refractivity contribution in [3.8, 4) is 0 Å². The standard InChI is InChI=1S/C18H21N3O5S/c1-2-25-17(24)12-5-7-21(8-6-12)15(22)10-13-11-27-18(19-13)20-16(23)14-4-3-9-26-14/h3-4,9,11-12H,2,5-8,10H2,1H3,(H,19,20,23). The third kappa shape index (κ3) is 4.94. The molecule has 1 aliphatic rings. The van der Waals surface area contributed by atoms with E-state index in [1.165, 1.54) is 17.6 Å². The molecule has 0 bridgehead atoms. The van der Waals surface area contributed by atoms with Crippen molar-refractivity contribution in [2.75, 3.05) is 25.0 Å². The van der Waals surface area contributed by atoms with Crippen LogP contribution in [0.2, 0.25) is 0 Å². The Bertz CT molecular complexity index is 794. The van der Waals surface area contributed by atoms with E-state index in [1.807, 2.05) is 0 Å². The molecule has 0 aromatic carbocycles. The average molecular weight is 391 g/mol. The van der Waals surface area contributed by atoms with Crippen LogP contribution in [0.1, 0.15) is 36.0 Å². The van der Waals surface area contributed by atoms with Crippen LogP contribution < -0.4 is 5.32 Å². The number of piperidine rings is 1. The highest BCUT2D eigenvalue weighted by Gasteiger charge is 2.28.